The van der Waals surface area contributed by atoms with Crippen molar-refractivity contribution in [2.24, 2.45) is 5.73 Å². The highest BCUT2D eigenvalue weighted by atomic mass is 19.1. The van der Waals surface area contributed by atoms with Gasteiger partial charge >= 0.3 is 0 Å². The smallest absolute Gasteiger partial charge is 0.126 e. The van der Waals surface area contributed by atoms with Crippen LogP contribution in [-0.2, 0) is 6.42 Å². The lowest BCUT2D eigenvalue weighted by Gasteiger charge is -2.15. The van der Waals surface area contributed by atoms with Crippen molar-refractivity contribution >= 4 is 0 Å². The molecule has 0 aliphatic heterocycles. The van der Waals surface area contributed by atoms with E-state index in [-0.39, 0.29) is 0 Å². The van der Waals surface area contributed by atoms with Crippen molar-refractivity contribution in [3.05, 3.63) is 64.7 Å². The first-order valence-corrected chi connectivity index (χ1v) is 6.34. The summed E-state index contributed by atoms with van der Waals surface area (Å²) in [5.41, 5.74) is 8.49. The van der Waals surface area contributed by atoms with Crippen LogP contribution in [0, 0.1) is 18.6 Å². The van der Waals surface area contributed by atoms with E-state index in [9.17, 15) is 8.78 Å². The molecule has 2 rings (SSSR count). The Morgan fingerprint density at radius 1 is 1.10 bits per heavy atom. The number of benzene rings is 2. The van der Waals surface area contributed by atoms with Crippen molar-refractivity contribution in [1.29, 1.82) is 0 Å². The molecule has 0 spiro atoms. The number of aryl methyl sites for hydroxylation is 1. The van der Waals surface area contributed by atoms with Crippen LogP contribution in [0.3, 0.4) is 0 Å². The molecule has 4 heteroatoms. The van der Waals surface area contributed by atoms with Crippen LogP contribution in [0.25, 0.3) is 0 Å². The molecule has 0 aromatic heterocycles. The van der Waals surface area contributed by atoms with E-state index in [1.165, 1.54) is 12.1 Å². The number of hydrogen-bond donors (Lipinski definition) is 1. The van der Waals surface area contributed by atoms with Crippen molar-refractivity contribution in [3.63, 3.8) is 0 Å². The first kappa shape index (κ1) is 14.5. The zero-order chi connectivity index (χ0) is 14.7. The second-order valence-electron chi connectivity index (χ2n) is 4.83. The van der Waals surface area contributed by atoms with E-state index in [4.69, 9.17) is 10.5 Å². The van der Waals surface area contributed by atoms with E-state index in [0.29, 0.717) is 12.0 Å². The molecule has 2 aromatic carbocycles. The van der Waals surface area contributed by atoms with Gasteiger partial charge in [0.25, 0.3) is 0 Å². The average Bonchev–Trinajstić information content (AvgIpc) is 2.37. The van der Waals surface area contributed by atoms with Crippen molar-refractivity contribution in [2.75, 3.05) is 7.11 Å². The summed E-state index contributed by atoms with van der Waals surface area (Å²) in [5, 5.41) is 0. The molecule has 0 heterocycles. The van der Waals surface area contributed by atoms with E-state index in [0.717, 1.165) is 22.9 Å². The van der Waals surface area contributed by atoms with E-state index in [1.54, 1.807) is 7.11 Å². The van der Waals surface area contributed by atoms with Gasteiger partial charge in [0, 0.05) is 12.1 Å². The molecule has 2 aromatic rings. The average molecular weight is 277 g/mol. The summed E-state index contributed by atoms with van der Waals surface area (Å²) in [6.07, 6.45) is 0.452. The second-order valence-corrected chi connectivity index (χ2v) is 4.83. The molecular formula is C16H17F2NO. The van der Waals surface area contributed by atoms with Gasteiger partial charge in [0.15, 0.2) is 0 Å². The zero-order valence-electron chi connectivity index (χ0n) is 11.5. The molecule has 2 nitrogen and oxygen atoms in total. The highest BCUT2D eigenvalue weighted by Gasteiger charge is 2.13. The van der Waals surface area contributed by atoms with E-state index >= 15 is 0 Å². The van der Waals surface area contributed by atoms with Crippen molar-refractivity contribution in [1.82, 2.24) is 0 Å². The largest absolute Gasteiger partial charge is 0.496 e. The van der Waals surface area contributed by atoms with Crippen LogP contribution in [0.15, 0.2) is 36.4 Å². The fourth-order valence-corrected chi connectivity index (χ4v) is 2.21. The number of nitrogens with two attached hydrogens (primary N) is 1. The predicted molar refractivity (Wildman–Crippen MR) is 74.7 cm³/mol. The summed E-state index contributed by atoms with van der Waals surface area (Å²) in [6, 6.07) is 8.64. The Morgan fingerprint density at radius 3 is 2.35 bits per heavy atom. The normalized spacial score (nSPS) is 12.2. The maximum absolute atomic E-state index is 13.2. The van der Waals surface area contributed by atoms with Gasteiger partial charge in [-0.15, -0.1) is 0 Å². The summed E-state index contributed by atoms with van der Waals surface area (Å²) in [7, 11) is 1.58. The monoisotopic (exact) mass is 277 g/mol. The Labute approximate surface area is 117 Å². The lowest BCUT2D eigenvalue weighted by Crippen LogP contribution is -2.14. The molecule has 0 saturated carbocycles. The third-order valence-corrected chi connectivity index (χ3v) is 3.19. The molecule has 106 valence electrons. The molecule has 0 radical (unpaired) electrons. The van der Waals surface area contributed by atoms with Gasteiger partial charge in [-0.2, -0.15) is 0 Å². The van der Waals surface area contributed by atoms with Gasteiger partial charge < -0.3 is 10.5 Å². The Kier molecular flexibility index (Phi) is 4.35. The Hall–Kier alpha value is -1.94. The number of rotatable bonds is 4. The molecule has 0 aliphatic rings. The molecule has 1 atom stereocenters. The standard InChI is InChI=1S/C16H17F2NO/c1-10-3-4-16(20-2)12(5-10)8-15(19)11-6-13(17)9-14(18)7-11/h3-7,9,15H,8,19H2,1-2H3. The molecule has 0 amide bonds. The highest BCUT2D eigenvalue weighted by Crippen LogP contribution is 2.25. The summed E-state index contributed by atoms with van der Waals surface area (Å²) in [4.78, 5) is 0. The van der Waals surface area contributed by atoms with Gasteiger partial charge in [-0.3, -0.25) is 0 Å². The number of ether oxygens (including phenoxy) is 1. The molecule has 0 fully saturated rings. The van der Waals surface area contributed by atoms with Crippen molar-refractivity contribution < 1.29 is 13.5 Å². The Morgan fingerprint density at radius 2 is 1.75 bits per heavy atom. The van der Waals surface area contributed by atoms with Gasteiger partial charge in [-0.1, -0.05) is 17.7 Å². The third-order valence-electron chi connectivity index (χ3n) is 3.19. The molecule has 1 unspecified atom stereocenters. The SMILES string of the molecule is COc1ccc(C)cc1CC(N)c1cc(F)cc(F)c1. The van der Waals surface area contributed by atoms with E-state index in [2.05, 4.69) is 0 Å². The minimum absolute atomic E-state index is 0.436. The van der Waals surface area contributed by atoms with Crippen LogP contribution in [0.5, 0.6) is 5.75 Å². The molecule has 0 saturated heterocycles. The fraction of sp³-hybridized carbons (Fsp3) is 0.250. The summed E-state index contributed by atoms with van der Waals surface area (Å²) in [5.74, 6) is -0.513. The first-order chi connectivity index (χ1) is 9.49. The molecule has 2 N–H and O–H groups in total. The van der Waals surface area contributed by atoms with Crippen molar-refractivity contribution in [2.45, 2.75) is 19.4 Å². The molecule has 0 bridgehead atoms. The minimum atomic E-state index is -0.619. The fourth-order valence-electron chi connectivity index (χ4n) is 2.21. The molecule has 0 aliphatic carbocycles. The van der Waals surface area contributed by atoms with Crippen LogP contribution in [-0.4, -0.2) is 7.11 Å². The summed E-state index contributed by atoms with van der Waals surface area (Å²) < 4.78 is 31.7. The summed E-state index contributed by atoms with van der Waals surface area (Å²) >= 11 is 0. The maximum atomic E-state index is 13.2. The van der Waals surface area contributed by atoms with Crippen LogP contribution >= 0.6 is 0 Å². The van der Waals surface area contributed by atoms with Crippen LogP contribution in [0.1, 0.15) is 22.7 Å². The molecule has 20 heavy (non-hydrogen) atoms. The lowest BCUT2D eigenvalue weighted by atomic mass is 9.97. The van der Waals surface area contributed by atoms with Gasteiger partial charge in [0.05, 0.1) is 7.11 Å². The topological polar surface area (TPSA) is 35.2 Å². The number of hydrogen-bond acceptors (Lipinski definition) is 2. The van der Waals surface area contributed by atoms with Crippen LogP contribution < -0.4 is 10.5 Å². The predicted octanol–water partition coefficient (Wildman–Crippen LogP) is 3.52. The van der Waals surface area contributed by atoms with E-state index < -0.39 is 17.7 Å². The maximum Gasteiger partial charge on any atom is 0.126 e. The third kappa shape index (κ3) is 3.33. The lowest BCUT2D eigenvalue weighted by molar-refractivity contribution is 0.408. The van der Waals surface area contributed by atoms with Gasteiger partial charge in [0.1, 0.15) is 17.4 Å². The molecular weight excluding hydrogens is 260 g/mol. The van der Waals surface area contributed by atoms with E-state index in [1.807, 2.05) is 25.1 Å². The second kappa shape index (κ2) is 6.01. The van der Waals surface area contributed by atoms with Gasteiger partial charge in [-0.25, -0.2) is 8.78 Å². The minimum Gasteiger partial charge on any atom is -0.496 e. The Balaban J connectivity index is 2.27. The highest BCUT2D eigenvalue weighted by molar-refractivity contribution is 5.38. The van der Waals surface area contributed by atoms with Crippen LogP contribution in [0.4, 0.5) is 8.78 Å². The van der Waals surface area contributed by atoms with Crippen molar-refractivity contribution in [3.8, 4) is 5.75 Å². The summed E-state index contributed by atoms with van der Waals surface area (Å²) in [6.45, 7) is 1.97. The number of halogens is 2. The quantitative estimate of drug-likeness (QED) is 0.928. The van der Waals surface area contributed by atoms with Gasteiger partial charge in [0.2, 0.25) is 0 Å². The zero-order valence-corrected chi connectivity index (χ0v) is 11.5. The van der Waals surface area contributed by atoms with Gasteiger partial charge in [-0.05, 0) is 42.7 Å². The first-order valence-electron chi connectivity index (χ1n) is 6.34. The van der Waals surface area contributed by atoms with Crippen LogP contribution in [0.2, 0.25) is 0 Å². The number of methoxy groups -OCH3 is 1. The Bertz CT molecular complexity index is 593.